The lowest BCUT2D eigenvalue weighted by Gasteiger charge is -2.26. The number of carboxylic acids is 1. The van der Waals surface area contributed by atoms with Crippen molar-refractivity contribution >= 4 is 11.8 Å². The van der Waals surface area contributed by atoms with Crippen LogP contribution in [-0.2, 0) is 16.0 Å². The molecule has 1 rings (SSSR count). The van der Waals surface area contributed by atoms with Gasteiger partial charge in [0.15, 0.2) is 0 Å². The molecule has 1 unspecified atom stereocenters. The molecule has 1 aromatic carbocycles. The average molecular weight is 293 g/mol. The first-order chi connectivity index (χ1) is 9.93. The van der Waals surface area contributed by atoms with Crippen LogP contribution in [0, 0.1) is 0 Å². The molecule has 0 spiro atoms. The minimum atomic E-state index is -0.847. The highest BCUT2D eigenvalue weighted by Gasteiger charge is 2.18. The van der Waals surface area contributed by atoms with Gasteiger partial charge in [0.2, 0.25) is 0 Å². The fourth-order valence-corrected chi connectivity index (χ4v) is 2.06. The van der Waals surface area contributed by atoms with Crippen LogP contribution in [0.1, 0.15) is 25.8 Å². The van der Waals surface area contributed by atoms with Crippen molar-refractivity contribution in [1.29, 1.82) is 0 Å². The SMILES string of the molecule is COc1ccc(CCN(CCC(=O)O)C(C)C(C)=O)cc1. The van der Waals surface area contributed by atoms with Crippen LogP contribution in [0.5, 0.6) is 5.75 Å². The Morgan fingerprint density at radius 3 is 2.33 bits per heavy atom. The molecule has 0 bridgehead atoms. The van der Waals surface area contributed by atoms with Gasteiger partial charge in [-0.25, -0.2) is 0 Å². The maximum absolute atomic E-state index is 11.5. The van der Waals surface area contributed by atoms with Crippen LogP contribution in [0.25, 0.3) is 0 Å². The van der Waals surface area contributed by atoms with Gasteiger partial charge >= 0.3 is 5.97 Å². The summed E-state index contributed by atoms with van der Waals surface area (Å²) < 4.78 is 5.11. The van der Waals surface area contributed by atoms with Crippen LogP contribution in [0.2, 0.25) is 0 Å². The van der Waals surface area contributed by atoms with Crippen molar-refractivity contribution < 1.29 is 19.4 Å². The molecule has 0 radical (unpaired) electrons. The number of carbonyl (C=O) groups is 2. The van der Waals surface area contributed by atoms with Crippen LogP contribution in [-0.4, -0.2) is 48.0 Å². The topological polar surface area (TPSA) is 66.8 Å². The molecule has 0 aliphatic heterocycles. The number of nitrogens with zero attached hydrogens (tertiary/aromatic N) is 1. The fraction of sp³-hybridized carbons (Fsp3) is 0.500. The molecule has 0 amide bonds. The van der Waals surface area contributed by atoms with Crippen molar-refractivity contribution in [3.8, 4) is 5.75 Å². The van der Waals surface area contributed by atoms with E-state index in [1.165, 1.54) is 6.92 Å². The van der Waals surface area contributed by atoms with Gasteiger partial charge in [-0.05, 0) is 38.0 Å². The molecule has 1 atom stereocenters. The monoisotopic (exact) mass is 293 g/mol. The molecule has 116 valence electrons. The first-order valence-electron chi connectivity index (χ1n) is 7.03. The zero-order valence-electron chi connectivity index (χ0n) is 12.8. The third-order valence-corrected chi connectivity index (χ3v) is 3.60. The zero-order valence-corrected chi connectivity index (χ0v) is 12.8. The lowest BCUT2D eigenvalue weighted by Crippen LogP contribution is -2.40. The molecule has 0 aliphatic carbocycles. The first-order valence-corrected chi connectivity index (χ1v) is 7.03. The first kappa shape index (κ1) is 17.2. The van der Waals surface area contributed by atoms with Crippen LogP contribution in [0.15, 0.2) is 24.3 Å². The van der Waals surface area contributed by atoms with Gasteiger partial charge in [-0.2, -0.15) is 0 Å². The summed E-state index contributed by atoms with van der Waals surface area (Å²) in [6.07, 6.45) is 0.807. The quantitative estimate of drug-likeness (QED) is 0.754. The number of benzene rings is 1. The maximum Gasteiger partial charge on any atom is 0.304 e. The normalized spacial score (nSPS) is 12.2. The minimum absolute atomic E-state index is 0.0419. The van der Waals surface area contributed by atoms with E-state index in [4.69, 9.17) is 9.84 Å². The number of carboxylic acid groups (broad SMARTS) is 1. The van der Waals surface area contributed by atoms with Crippen molar-refractivity contribution in [1.82, 2.24) is 4.90 Å². The Morgan fingerprint density at radius 1 is 1.24 bits per heavy atom. The number of carbonyl (C=O) groups excluding carboxylic acids is 1. The predicted octanol–water partition coefficient (Wildman–Crippen LogP) is 1.99. The Hall–Kier alpha value is -1.88. The lowest BCUT2D eigenvalue weighted by molar-refractivity contribution is -0.138. The van der Waals surface area contributed by atoms with Crippen LogP contribution in [0.4, 0.5) is 0 Å². The third-order valence-electron chi connectivity index (χ3n) is 3.60. The molecule has 1 N–H and O–H groups in total. The molecule has 21 heavy (non-hydrogen) atoms. The largest absolute Gasteiger partial charge is 0.497 e. The summed E-state index contributed by atoms with van der Waals surface area (Å²) in [7, 11) is 1.62. The van der Waals surface area contributed by atoms with E-state index in [0.29, 0.717) is 13.1 Å². The minimum Gasteiger partial charge on any atom is -0.497 e. The molecule has 0 saturated carbocycles. The molecule has 0 fully saturated rings. The van der Waals surface area contributed by atoms with E-state index in [1.54, 1.807) is 7.11 Å². The summed E-state index contributed by atoms with van der Waals surface area (Å²) >= 11 is 0. The van der Waals surface area contributed by atoms with E-state index in [0.717, 1.165) is 17.7 Å². The van der Waals surface area contributed by atoms with Crippen molar-refractivity contribution in [2.24, 2.45) is 0 Å². The Bertz CT molecular complexity index is 470. The number of hydrogen-bond donors (Lipinski definition) is 1. The van der Waals surface area contributed by atoms with Gasteiger partial charge in [0, 0.05) is 13.1 Å². The van der Waals surface area contributed by atoms with Gasteiger partial charge < -0.3 is 9.84 Å². The summed E-state index contributed by atoms with van der Waals surface area (Å²) in [5, 5.41) is 8.80. The van der Waals surface area contributed by atoms with Gasteiger partial charge in [-0.1, -0.05) is 12.1 Å². The van der Waals surface area contributed by atoms with E-state index >= 15 is 0 Å². The van der Waals surface area contributed by atoms with Crippen LogP contribution >= 0.6 is 0 Å². The highest BCUT2D eigenvalue weighted by molar-refractivity contribution is 5.81. The van der Waals surface area contributed by atoms with Gasteiger partial charge in [0.1, 0.15) is 11.5 Å². The Morgan fingerprint density at radius 2 is 1.86 bits per heavy atom. The molecule has 0 saturated heterocycles. The summed E-state index contributed by atoms with van der Waals surface area (Å²) in [6.45, 7) is 4.39. The molecule has 0 aromatic heterocycles. The number of methoxy groups -OCH3 is 1. The van der Waals surface area contributed by atoms with Gasteiger partial charge in [0.25, 0.3) is 0 Å². The molecule has 5 nitrogen and oxygen atoms in total. The number of Topliss-reactive ketones (excluding diaryl/α,β-unsaturated/α-hetero) is 1. The van der Waals surface area contributed by atoms with E-state index < -0.39 is 5.97 Å². The average Bonchev–Trinajstić information content (AvgIpc) is 2.47. The van der Waals surface area contributed by atoms with Crippen molar-refractivity contribution in [2.45, 2.75) is 32.7 Å². The maximum atomic E-state index is 11.5. The smallest absolute Gasteiger partial charge is 0.304 e. The third kappa shape index (κ3) is 5.95. The van der Waals surface area contributed by atoms with Crippen molar-refractivity contribution in [3.05, 3.63) is 29.8 Å². The molecule has 1 aromatic rings. The standard InChI is InChI=1S/C16H23NO4/c1-12(13(2)18)17(11-9-16(19)20)10-8-14-4-6-15(21-3)7-5-14/h4-7,12H,8-11H2,1-3H3,(H,19,20). The van der Waals surface area contributed by atoms with Crippen molar-refractivity contribution in [3.63, 3.8) is 0 Å². The molecule has 5 heteroatoms. The summed E-state index contributed by atoms with van der Waals surface area (Å²) in [5.74, 6) is 0.00825. The van der Waals surface area contributed by atoms with Crippen LogP contribution in [0.3, 0.4) is 0 Å². The van der Waals surface area contributed by atoms with E-state index in [9.17, 15) is 9.59 Å². The number of ketones is 1. The highest BCUT2D eigenvalue weighted by atomic mass is 16.5. The Balaban J connectivity index is 2.62. The molecule has 0 heterocycles. The van der Waals surface area contributed by atoms with E-state index in [1.807, 2.05) is 36.1 Å². The fourth-order valence-electron chi connectivity index (χ4n) is 2.06. The second kappa shape index (κ2) is 8.42. The predicted molar refractivity (Wildman–Crippen MR) is 80.7 cm³/mol. The number of aliphatic carboxylic acids is 1. The number of hydrogen-bond acceptors (Lipinski definition) is 4. The number of ether oxygens (including phenoxy) is 1. The summed E-state index contributed by atoms with van der Waals surface area (Å²) in [4.78, 5) is 24.2. The van der Waals surface area contributed by atoms with Gasteiger partial charge in [-0.3, -0.25) is 14.5 Å². The Kier molecular flexibility index (Phi) is 6.88. The lowest BCUT2D eigenvalue weighted by atomic mass is 10.1. The van der Waals surface area contributed by atoms with E-state index in [-0.39, 0.29) is 18.2 Å². The molecular weight excluding hydrogens is 270 g/mol. The van der Waals surface area contributed by atoms with Crippen molar-refractivity contribution in [2.75, 3.05) is 20.2 Å². The Labute approximate surface area is 125 Å². The summed E-state index contributed by atoms with van der Waals surface area (Å²) in [6, 6.07) is 7.48. The molecular formula is C16H23NO4. The second-order valence-electron chi connectivity index (χ2n) is 5.06. The van der Waals surface area contributed by atoms with Crippen LogP contribution < -0.4 is 4.74 Å². The van der Waals surface area contributed by atoms with Gasteiger partial charge in [0.05, 0.1) is 19.6 Å². The molecule has 0 aliphatic rings. The highest BCUT2D eigenvalue weighted by Crippen LogP contribution is 2.13. The summed E-state index contributed by atoms with van der Waals surface area (Å²) in [5.41, 5.74) is 1.13. The second-order valence-corrected chi connectivity index (χ2v) is 5.06. The van der Waals surface area contributed by atoms with E-state index in [2.05, 4.69) is 0 Å². The zero-order chi connectivity index (χ0) is 15.8. The van der Waals surface area contributed by atoms with Gasteiger partial charge in [-0.15, -0.1) is 0 Å². The number of rotatable bonds is 9.